The van der Waals surface area contributed by atoms with Crippen LogP contribution in [0.5, 0.6) is 11.5 Å². The average Bonchev–Trinajstić information content (AvgIpc) is 3.13. The first kappa shape index (κ1) is 26.3. The van der Waals surface area contributed by atoms with E-state index in [1.54, 1.807) is 42.5 Å². The number of nitrogens with zero attached hydrogens (tertiary/aromatic N) is 1. The Bertz CT molecular complexity index is 1360. The van der Waals surface area contributed by atoms with Gasteiger partial charge in [-0.3, -0.25) is 19.3 Å². The van der Waals surface area contributed by atoms with Crippen molar-refractivity contribution in [3.63, 3.8) is 0 Å². The van der Waals surface area contributed by atoms with Crippen LogP contribution in [0.3, 0.4) is 0 Å². The molecule has 3 aromatic carbocycles. The Labute approximate surface area is 224 Å². The van der Waals surface area contributed by atoms with Crippen LogP contribution in [0.2, 0.25) is 5.02 Å². The third-order valence-electron chi connectivity index (χ3n) is 5.45. The van der Waals surface area contributed by atoms with Crippen LogP contribution in [0, 0.1) is 6.92 Å². The van der Waals surface area contributed by atoms with E-state index in [1.165, 1.54) is 0 Å². The van der Waals surface area contributed by atoms with Crippen molar-refractivity contribution < 1.29 is 23.9 Å². The summed E-state index contributed by atoms with van der Waals surface area (Å²) in [6.07, 6.45) is 1.60. The van der Waals surface area contributed by atoms with Crippen LogP contribution in [0.15, 0.2) is 71.6 Å². The lowest BCUT2D eigenvalue weighted by molar-refractivity contribution is -0.127. The molecule has 4 rings (SSSR count). The molecule has 0 atom stereocenters. The van der Waals surface area contributed by atoms with Gasteiger partial charge in [-0.2, -0.15) is 0 Å². The summed E-state index contributed by atoms with van der Waals surface area (Å²) in [4.78, 5) is 39.1. The molecule has 37 heavy (non-hydrogen) atoms. The fourth-order valence-electron chi connectivity index (χ4n) is 3.59. The van der Waals surface area contributed by atoms with E-state index in [1.807, 2.05) is 44.2 Å². The Hall–Kier alpha value is -3.75. The number of carbonyl (C=O) groups is 3. The van der Waals surface area contributed by atoms with Crippen molar-refractivity contribution in [3.05, 3.63) is 93.3 Å². The number of benzene rings is 3. The van der Waals surface area contributed by atoms with Crippen LogP contribution in [-0.2, 0) is 16.2 Å². The normalized spacial score (nSPS) is 14.2. The van der Waals surface area contributed by atoms with Gasteiger partial charge in [0.1, 0.15) is 13.2 Å². The molecule has 1 aliphatic heterocycles. The first-order valence-corrected chi connectivity index (χ1v) is 12.8. The van der Waals surface area contributed by atoms with Crippen molar-refractivity contribution in [3.8, 4) is 11.5 Å². The van der Waals surface area contributed by atoms with Gasteiger partial charge in [-0.15, -0.1) is 0 Å². The third-order valence-corrected chi connectivity index (χ3v) is 6.59. The molecule has 1 N–H and O–H groups in total. The first-order valence-electron chi connectivity index (χ1n) is 11.6. The SMILES string of the molecule is CCOc1cc(/C=C2/SC(=O)N(CC(=O)Nc3cc(Cl)ccc3C)C2=O)ccc1OCc1ccccc1. The van der Waals surface area contributed by atoms with Gasteiger partial charge < -0.3 is 14.8 Å². The number of imide groups is 1. The molecule has 3 aromatic rings. The van der Waals surface area contributed by atoms with E-state index in [4.69, 9.17) is 21.1 Å². The molecule has 0 unspecified atom stereocenters. The van der Waals surface area contributed by atoms with Crippen molar-refractivity contribution in [2.75, 3.05) is 18.5 Å². The predicted octanol–water partition coefficient (Wildman–Crippen LogP) is 6.30. The van der Waals surface area contributed by atoms with E-state index < -0.39 is 23.6 Å². The molecule has 0 aliphatic carbocycles. The number of carbonyl (C=O) groups excluding carboxylic acids is 3. The van der Waals surface area contributed by atoms with Crippen molar-refractivity contribution in [1.82, 2.24) is 4.90 Å². The largest absolute Gasteiger partial charge is 0.490 e. The zero-order chi connectivity index (χ0) is 26.4. The van der Waals surface area contributed by atoms with Gasteiger partial charge in [0.15, 0.2) is 11.5 Å². The lowest BCUT2D eigenvalue weighted by Gasteiger charge is -2.14. The van der Waals surface area contributed by atoms with Gasteiger partial charge in [-0.1, -0.05) is 54.1 Å². The van der Waals surface area contributed by atoms with Gasteiger partial charge in [-0.25, -0.2) is 0 Å². The van der Waals surface area contributed by atoms with Crippen molar-refractivity contribution >= 4 is 52.2 Å². The summed E-state index contributed by atoms with van der Waals surface area (Å²) in [5, 5.41) is 2.66. The second-order valence-corrected chi connectivity index (χ2v) is 9.62. The van der Waals surface area contributed by atoms with E-state index >= 15 is 0 Å². The van der Waals surface area contributed by atoms with E-state index in [2.05, 4.69) is 5.32 Å². The number of amides is 3. The van der Waals surface area contributed by atoms with Crippen LogP contribution >= 0.6 is 23.4 Å². The zero-order valence-electron chi connectivity index (χ0n) is 20.3. The van der Waals surface area contributed by atoms with Crippen LogP contribution in [0.4, 0.5) is 10.5 Å². The van der Waals surface area contributed by atoms with Gasteiger partial charge in [0.05, 0.1) is 11.5 Å². The van der Waals surface area contributed by atoms with Crippen molar-refractivity contribution in [1.29, 1.82) is 0 Å². The Morgan fingerprint density at radius 3 is 2.57 bits per heavy atom. The number of halogens is 1. The molecule has 1 saturated heterocycles. The molecule has 1 fully saturated rings. The molecule has 1 heterocycles. The number of hydrogen-bond acceptors (Lipinski definition) is 6. The minimum absolute atomic E-state index is 0.220. The monoisotopic (exact) mass is 536 g/mol. The summed E-state index contributed by atoms with van der Waals surface area (Å²) in [6, 6.07) is 20.2. The Morgan fingerprint density at radius 2 is 1.81 bits per heavy atom. The van der Waals surface area contributed by atoms with E-state index in [0.29, 0.717) is 41.0 Å². The van der Waals surface area contributed by atoms with E-state index in [0.717, 1.165) is 27.8 Å². The highest BCUT2D eigenvalue weighted by Crippen LogP contribution is 2.35. The van der Waals surface area contributed by atoms with E-state index in [9.17, 15) is 14.4 Å². The minimum Gasteiger partial charge on any atom is -0.490 e. The molecule has 9 heteroatoms. The maximum atomic E-state index is 12.9. The predicted molar refractivity (Wildman–Crippen MR) is 146 cm³/mol. The maximum absolute atomic E-state index is 12.9. The third kappa shape index (κ3) is 6.72. The number of thioether (sulfide) groups is 1. The Kier molecular flexibility index (Phi) is 8.53. The standard InChI is InChI=1S/C28H25ClN2O5S/c1-3-35-24-13-20(10-12-23(24)36-17-19-7-5-4-6-8-19)14-25-27(33)31(28(34)37-25)16-26(32)30-22-15-21(29)11-9-18(22)2/h4-15H,3,16-17H2,1-2H3,(H,30,32)/b25-14+. The summed E-state index contributed by atoms with van der Waals surface area (Å²) >= 11 is 6.79. The lowest BCUT2D eigenvalue weighted by Crippen LogP contribution is -2.36. The highest BCUT2D eigenvalue weighted by atomic mass is 35.5. The lowest BCUT2D eigenvalue weighted by atomic mass is 10.1. The molecule has 0 radical (unpaired) electrons. The number of nitrogens with one attached hydrogen (secondary N) is 1. The number of hydrogen-bond donors (Lipinski definition) is 1. The molecule has 0 aromatic heterocycles. The Balaban J connectivity index is 1.45. The zero-order valence-corrected chi connectivity index (χ0v) is 21.9. The minimum atomic E-state index is -0.532. The van der Waals surface area contributed by atoms with Gasteiger partial charge >= 0.3 is 0 Å². The molecule has 0 spiro atoms. The van der Waals surface area contributed by atoms with Gasteiger partial charge in [0.2, 0.25) is 5.91 Å². The van der Waals surface area contributed by atoms with Gasteiger partial charge in [0.25, 0.3) is 11.1 Å². The maximum Gasteiger partial charge on any atom is 0.294 e. The quantitative estimate of drug-likeness (QED) is 0.323. The summed E-state index contributed by atoms with van der Waals surface area (Å²) in [6.45, 7) is 4.11. The van der Waals surface area contributed by atoms with Crippen LogP contribution in [0.25, 0.3) is 6.08 Å². The first-order chi connectivity index (χ1) is 17.8. The number of anilines is 1. The van der Waals surface area contributed by atoms with Crippen LogP contribution < -0.4 is 14.8 Å². The summed E-state index contributed by atoms with van der Waals surface area (Å²) < 4.78 is 11.7. The second-order valence-electron chi connectivity index (χ2n) is 8.19. The highest BCUT2D eigenvalue weighted by molar-refractivity contribution is 8.18. The molecule has 0 saturated carbocycles. The number of ether oxygens (including phenoxy) is 2. The smallest absolute Gasteiger partial charge is 0.294 e. The van der Waals surface area contributed by atoms with Gasteiger partial charge in [0, 0.05) is 10.7 Å². The van der Waals surface area contributed by atoms with Crippen LogP contribution in [-0.4, -0.2) is 35.1 Å². The fraction of sp³-hybridized carbons (Fsp3) is 0.179. The average molecular weight is 537 g/mol. The summed E-state index contributed by atoms with van der Waals surface area (Å²) in [5.41, 5.74) is 3.03. The molecule has 0 bridgehead atoms. The summed E-state index contributed by atoms with van der Waals surface area (Å²) in [5.74, 6) is 0.0782. The van der Waals surface area contributed by atoms with Crippen molar-refractivity contribution in [2.45, 2.75) is 20.5 Å². The topological polar surface area (TPSA) is 84.9 Å². The fourth-order valence-corrected chi connectivity index (χ4v) is 4.60. The molecule has 190 valence electrons. The van der Waals surface area contributed by atoms with Crippen LogP contribution in [0.1, 0.15) is 23.6 Å². The number of aryl methyl sites for hydroxylation is 1. The molecular weight excluding hydrogens is 512 g/mol. The van der Waals surface area contributed by atoms with Gasteiger partial charge in [-0.05, 0) is 72.6 Å². The molecule has 1 aliphatic rings. The highest BCUT2D eigenvalue weighted by Gasteiger charge is 2.36. The van der Waals surface area contributed by atoms with Crippen molar-refractivity contribution in [2.24, 2.45) is 0 Å². The van der Waals surface area contributed by atoms with E-state index in [-0.39, 0.29) is 4.91 Å². The second kappa shape index (κ2) is 12.0. The summed E-state index contributed by atoms with van der Waals surface area (Å²) in [7, 11) is 0. The molecule has 7 nitrogen and oxygen atoms in total. The Morgan fingerprint density at radius 1 is 1.03 bits per heavy atom. The molecule has 3 amide bonds. The number of rotatable bonds is 9. The molecular formula is C28H25ClN2O5S.